The Bertz CT molecular complexity index is 403. The molecule has 14 heavy (non-hydrogen) atoms. The summed E-state index contributed by atoms with van der Waals surface area (Å²) < 4.78 is 25.5. The zero-order chi connectivity index (χ0) is 10.6. The van der Waals surface area contributed by atoms with Crippen molar-refractivity contribution < 1.29 is 13.3 Å². The van der Waals surface area contributed by atoms with Crippen LogP contribution in [0.25, 0.3) is 0 Å². The average molecular weight is 216 g/mol. The van der Waals surface area contributed by atoms with Gasteiger partial charge in [0.05, 0.1) is 0 Å². The molecule has 78 valence electrons. The van der Waals surface area contributed by atoms with Crippen LogP contribution in [0.5, 0.6) is 5.75 Å². The molecular weight excluding hydrogens is 204 g/mol. The lowest BCUT2D eigenvalue weighted by Gasteiger charge is -2.07. The fourth-order valence-corrected chi connectivity index (χ4v) is 2.21. The summed E-state index contributed by atoms with van der Waals surface area (Å²) in [6, 6.07) is 6.17. The number of nitrogens with two attached hydrogens (primary N) is 1. The molecule has 0 amide bonds. The van der Waals surface area contributed by atoms with Crippen molar-refractivity contribution in [2.75, 3.05) is 6.54 Å². The fraction of sp³-hybridized carbons (Fsp3) is 0.250. The summed E-state index contributed by atoms with van der Waals surface area (Å²) in [7, 11) is -3.51. The summed E-state index contributed by atoms with van der Waals surface area (Å²) in [5, 5.41) is 0. The van der Waals surface area contributed by atoms with Crippen LogP contribution >= 0.6 is 0 Å². The molecule has 0 unspecified atom stereocenters. The Labute approximate surface area is 82.9 Å². The van der Waals surface area contributed by atoms with Gasteiger partial charge in [-0.2, -0.15) is 5.90 Å². The molecule has 0 aliphatic carbocycles. The lowest BCUT2D eigenvalue weighted by molar-refractivity contribution is 0.325. The maximum absolute atomic E-state index is 11.6. The molecule has 1 aromatic rings. The van der Waals surface area contributed by atoms with Crippen molar-refractivity contribution in [3.05, 3.63) is 24.3 Å². The summed E-state index contributed by atoms with van der Waals surface area (Å²) in [5.41, 5.74) is 0. The number of nitrogens with one attached hydrogen (secondary N) is 1. The van der Waals surface area contributed by atoms with Crippen LogP contribution < -0.4 is 15.5 Å². The molecule has 0 saturated carbocycles. The van der Waals surface area contributed by atoms with Crippen molar-refractivity contribution in [3.8, 4) is 5.75 Å². The highest BCUT2D eigenvalue weighted by molar-refractivity contribution is 7.89. The second kappa shape index (κ2) is 4.41. The normalized spacial score (nSPS) is 11.3. The molecule has 0 fully saturated rings. The summed E-state index contributed by atoms with van der Waals surface area (Å²) in [4.78, 5) is 4.50. The van der Waals surface area contributed by atoms with Crippen LogP contribution in [0.1, 0.15) is 6.92 Å². The van der Waals surface area contributed by atoms with Gasteiger partial charge in [0, 0.05) is 6.54 Å². The van der Waals surface area contributed by atoms with Crippen molar-refractivity contribution in [2.24, 2.45) is 5.90 Å². The Morgan fingerprint density at radius 3 is 2.64 bits per heavy atom. The first-order valence-corrected chi connectivity index (χ1v) is 5.55. The van der Waals surface area contributed by atoms with Gasteiger partial charge < -0.3 is 4.84 Å². The lowest BCUT2D eigenvalue weighted by Crippen LogP contribution is -2.24. The van der Waals surface area contributed by atoms with Crippen LogP contribution in [0, 0.1) is 0 Å². The number of para-hydroxylation sites is 1. The first kappa shape index (κ1) is 11.0. The van der Waals surface area contributed by atoms with E-state index >= 15 is 0 Å². The molecule has 1 rings (SSSR count). The van der Waals surface area contributed by atoms with Gasteiger partial charge in [0.25, 0.3) is 0 Å². The van der Waals surface area contributed by atoms with E-state index in [1.807, 2.05) is 0 Å². The largest absolute Gasteiger partial charge is 0.410 e. The standard InChI is InChI=1S/C8H12N2O3S/c1-2-10-14(11,12)8-6-4-3-5-7(8)13-9/h3-6,10H,2,9H2,1H3. The van der Waals surface area contributed by atoms with E-state index in [0.717, 1.165) is 0 Å². The van der Waals surface area contributed by atoms with Crippen molar-refractivity contribution >= 4 is 10.0 Å². The Kier molecular flexibility index (Phi) is 3.45. The third-order valence-electron chi connectivity index (χ3n) is 1.60. The molecule has 0 aliphatic heterocycles. The third kappa shape index (κ3) is 2.22. The third-order valence-corrected chi connectivity index (χ3v) is 3.19. The maximum atomic E-state index is 11.6. The highest BCUT2D eigenvalue weighted by Gasteiger charge is 2.17. The molecule has 0 bridgehead atoms. The lowest BCUT2D eigenvalue weighted by atomic mass is 10.3. The van der Waals surface area contributed by atoms with Crippen LogP contribution in [0.4, 0.5) is 0 Å². The van der Waals surface area contributed by atoms with Gasteiger partial charge in [0.2, 0.25) is 10.0 Å². The van der Waals surface area contributed by atoms with E-state index in [4.69, 9.17) is 5.90 Å². The zero-order valence-electron chi connectivity index (χ0n) is 7.73. The fourth-order valence-electron chi connectivity index (χ4n) is 1.04. The number of rotatable bonds is 4. The highest BCUT2D eigenvalue weighted by Crippen LogP contribution is 2.21. The Hall–Kier alpha value is -1.11. The van der Waals surface area contributed by atoms with Gasteiger partial charge in [-0.25, -0.2) is 13.1 Å². The molecule has 0 radical (unpaired) electrons. The predicted molar refractivity (Wildman–Crippen MR) is 52.1 cm³/mol. The van der Waals surface area contributed by atoms with E-state index in [1.54, 1.807) is 19.1 Å². The maximum Gasteiger partial charge on any atom is 0.244 e. The van der Waals surface area contributed by atoms with Crippen LogP contribution in [-0.2, 0) is 10.0 Å². The molecule has 5 nitrogen and oxygen atoms in total. The number of hydrogen-bond acceptors (Lipinski definition) is 4. The first-order valence-electron chi connectivity index (χ1n) is 4.07. The topological polar surface area (TPSA) is 81.4 Å². The average Bonchev–Trinajstić information content (AvgIpc) is 2.18. The zero-order valence-corrected chi connectivity index (χ0v) is 8.54. The molecule has 0 spiro atoms. The number of hydrogen-bond donors (Lipinski definition) is 2. The second-order valence-corrected chi connectivity index (χ2v) is 4.30. The van der Waals surface area contributed by atoms with E-state index < -0.39 is 10.0 Å². The monoisotopic (exact) mass is 216 g/mol. The smallest absolute Gasteiger partial charge is 0.244 e. The van der Waals surface area contributed by atoms with Crippen LogP contribution in [0.2, 0.25) is 0 Å². The molecule has 1 aromatic carbocycles. The van der Waals surface area contributed by atoms with E-state index in [9.17, 15) is 8.42 Å². The van der Waals surface area contributed by atoms with E-state index in [-0.39, 0.29) is 10.6 Å². The Morgan fingerprint density at radius 1 is 1.43 bits per heavy atom. The van der Waals surface area contributed by atoms with E-state index in [0.29, 0.717) is 6.54 Å². The predicted octanol–water partition coefficient (Wildman–Crippen LogP) is 0.237. The van der Waals surface area contributed by atoms with Gasteiger partial charge in [0.1, 0.15) is 4.90 Å². The highest BCUT2D eigenvalue weighted by atomic mass is 32.2. The second-order valence-electron chi connectivity index (χ2n) is 2.57. The quantitative estimate of drug-likeness (QED) is 0.706. The van der Waals surface area contributed by atoms with Crippen LogP contribution in [-0.4, -0.2) is 15.0 Å². The molecule has 0 aliphatic rings. The van der Waals surface area contributed by atoms with E-state index in [1.165, 1.54) is 12.1 Å². The van der Waals surface area contributed by atoms with Gasteiger partial charge >= 0.3 is 0 Å². The Balaban J connectivity index is 3.18. The molecule has 0 aromatic heterocycles. The molecule has 3 N–H and O–H groups in total. The van der Waals surface area contributed by atoms with Gasteiger partial charge in [-0.05, 0) is 12.1 Å². The van der Waals surface area contributed by atoms with Gasteiger partial charge in [-0.3, -0.25) is 0 Å². The molecule has 6 heteroatoms. The van der Waals surface area contributed by atoms with Crippen molar-refractivity contribution in [2.45, 2.75) is 11.8 Å². The van der Waals surface area contributed by atoms with Crippen molar-refractivity contribution in [1.29, 1.82) is 0 Å². The molecule has 0 atom stereocenters. The SMILES string of the molecule is CCNS(=O)(=O)c1ccccc1ON. The molecule has 0 heterocycles. The summed E-state index contributed by atoms with van der Waals surface area (Å²) >= 11 is 0. The number of sulfonamides is 1. The summed E-state index contributed by atoms with van der Waals surface area (Å²) in [6.07, 6.45) is 0. The van der Waals surface area contributed by atoms with Gasteiger partial charge in [-0.15, -0.1) is 0 Å². The minimum atomic E-state index is -3.51. The summed E-state index contributed by atoms with van der Waals surface area (Å²) in [6.45, 7) is 2.02. The Morgan fingerprint density at radius 2 is 2.07 bits per heavy atom. The minimum absolute atomic E-state index is 0.0457. The van der Waals surface area contributed by atoms with Crippen LogP contribution in [0.15, 0.2) is 29.2 Å². The number of benzene rings is 1. The van der Waals surface area contributed by atoms with E-state index in [2.05, 4.69) is 9.56 Å². The van der Waals surface area contributed by atoms with Gasteiger partial charge in [-0.1, -0.05) is 19.1 Å². The minimum Gasteiger partial charge on any atom is -0.410 e. The van der Waals surface area contributed by atoms with Crippen molar-refractivity contribution in [1.82, 2.24) is 4.72 Å². The molecule has 0 saturated heterocycles. The van der Waals surface area contributed by atoms with Crippen molar-refractivity contribution in [3.63, 3.8) is 0 Å². The molecular formula is C8H12N2O3S. The summed E-state index contributed by atoms with van der Waals surface area (Å²) in [5.74, 6) is 5.08. The first-order chi connectivity index (χ1) is 6.61. The van der Waals surface area contributed by atoms with Gasteiger partial charge in [0.15, 0.2) is 5.75 Å². The van der Waals surface area contributed by atoms with Crippen LogP contribution in [0.3, 0.4) is 0 Å².